The molecule has 1 N–H and O–H groups in total. The second-order valence-corrected chi connectivity index (χ2v) is 5.60. The summed E-state index contributed by atoms with van der Waals surface area (Å²) in [4.78, 5) is 6.57. The molecule has 0 saturated carbocycles. The minimum absolute atomic E-state index is 0.0131. The number of fused-ring (bicyclic) bond motifs is 1. The van der Waals surface area contributed by atoms with E-state index >= 15 is 0 Å². The molecule has 92 valence electrons. The van der Waals surface area contributed by atoms with Crippen LogP contribution in [-0.4, -0.2) is 14.5 Å². The molecule has 4 heteroatoms. The van der Waals surface area contributed by atoms with Crippen molar-refractivity contribution in [1.82, 2.24) is 9.38 Å². The summed E-state index contributed by atoms with van der Waals surface area (Å²) in [6.45, 7) is 4.18. The molecule has 2 heterocycles. The zero-order valence-corrected chi connectivity index (χ0v) is 11.2. The molecule has 3 rings (SSSR count). The van der Waals surface area contributed by atoms with Gasteiger partial charge in [-0.25, -0.2) is 4.98 Å². The zero-order chi connectivity index (χ0) is 12.7. The van der Waals surface area contributed by atoms with Crippen LogP contribution >= 0.6 is 11.3 Å². The van der Waals surface area contributed by atoms with Crippen molar-refractivity contribution in [2.45, 2.75) is 20.5 Å². The van der Waals surface area contributed by atoms with Gasteiger partial charge < -0.3 is 5.11 Å². The Balaban J connectivity index is 2.23. The molecule has 3 nitrogen and oxygen atoms in total. The highest BCUT2D eigenvalue weighted by Crippen LogP contribution is 2.31. The normalized spacial score (nSPS) is 11.3. The van der Waals surface area contributed by atoms with E-state index in [2.05, 4.69) is 47.5 Å². The van der Waals surface area contributed by atoms with E-state index in [0.717, 1.165) is 10.7 Å². The minimum atomic E-state index is -0.0131. The van der Waals surface area contributed by atoms with Gasteiger partial charge in [0.15, 0.2) is 4.96 Å². The van der Waals surface area contributed by atoms with Gasteiger partial charge in [-0.2, -0.15) is 0 Å². The maximum absolute atomic E-state index is 9.15. The summed E-state index contributed by atoms with van der Waals surface area (Å²) in [5.74, 6) is 0. The Morgan fingerprint density at radius 3 is 2.61 bits per heavy atom. The van der Waals surface area contributed by atoms with Crippen molar-refractivity contribution < 1.29 is 5.11 Å². The summed E-state index contributed by atoms with van der Waals surface area (Å²) in [5, 5.41) is 9.15. The fraction of sp³-hybridized carbons (Fsp3) is 0.214. The summed E-state index contributed by atoms with van der Waals surface area (Å²) in [6, 6.07) is 8.48. The Bertz CT molecular complexity index is 694. The number of rotatable bonds is 2. The molecule has 0 atom stereocenters. The molecule has 0 amide bonds. The number of benzene rings is 1. The van der Waals surface area contributed by atoms with E-state index in [4.69, 9.17) is 5.11 Å². The molecule has 0 aliphatic carbocycles. The molecule has 0 spiro atoms. The Labute approximate surface area is 109 Å². The highest BCUT2D eigenvalue weighted by molar-refractivity contribution is 7.17. The number of aliphatic hydroxyl groups excluding tert-OH is 1. The summed E-state index contributed by atoms with van der Waals surface area (Å²) < 4.78 is 2.07. The van der Waals surface area contributed by atoms with Gasteiger partial charge in [0.1, 0.15) is 0 Å². The first kappa shape index (κ1) is 11.4. The molecular weight excluding hydrogens is 244 g/mol. The molecule has 0 unspecified atom stereocenters. The maximum atomic E-state index is 9.15. The van der Waals surface area contributed by atoms with E-state index in [-0.39, 0.29) is 6.61 Å². The van der Waals surface area contributed by atoms with Crippen LogP contribution in [0.25, 0.3) is 16.2 Å². The van der Waals surface area contributed by atoms with Crippen LogP contribution < -0.4 is 0 Å². The lowest BCUT2D eigenvalue weighted by molar-refractivity contribution is 0.277. The minimum Gasteiger partial charge on any atom is -0.390 e. The average molecular weight is 258 g/mol. The zero-order valence-electron chi connectivity index (χ0n) is 10.3. The quantitative estimate of drug-likeness (QED) is 0.766. The van der Waals surface area contributed by atoms with Crippen LogP contribution in [0.15, 0.2) is 30.5 Å². The molecule has 0 bridgehead atoms. The van der Waals surface area contributed by atoms with Gasteiger partial charge in [-0.15, -0.1) is 11.3 Å². The van der Waals surface area contributed by atoms with Crippen LogP contribution in [0.5, 0.6) is 0 Å². The van der Waals surface area contributed by atoms with Gasteiger partial charge in [-0.3, -0.25) is 4.40 Å². The standard InChI is InChI=1S/C14H14N2OS/c1-9-3-5-11(6-4-9)13-10(2)18-14-15-12(8-17)7-16(13)14/h3-7,17H,8H2,1-2H3. The molecule has 0 aliphatic rings. The van der Waals surface area contributed by atoms with Gasteiger partial charge in [-0.1, -0.05) is 29.8 Å². The van der Waals surface area contributed by atoms with Crippen molar-refractivity contribution in [3.8, 4) is 11.3 Å². The lowest BCUT2D eigenvalue weighted by Gasteiger charge is -2.02. The summed E-state index contributed by atoms with van der Waals surface area (Å²) in [6.07, 6.45) is 1.91. The van der Waals surface area contributed by atoms with Crippen molar-refractivity contribution in [3.05, 3.63) is 46.6 Å². The number of thiazole rings is 1. The number of imidazole rings is 1. The van der Waals surface area contributed by atoms with Crippen molar-refractivity contribution >= 4 is 16.3 Å². The van der Waals surface area contributed by atoms with Crippen LogP contribution in [0.1, 0.15) is 16.1 Å². The van der Waals surface area contributed by atoms with E-state index < -0.39 is 0 Å². The molecule has 3 aromatic rings. The topological polar surface area (TPSA) is 37.5 Å². The second kappa shape index (κ2) is 4.23. The Morgan fingerprint density at radius 1 is 1.22 bits per heavy atom. The third kappa shape index (κ3) is 1.74. The Kier molecular flexibility index (Phi) is 2.69. The van der Waals surface area contributed by atoms with Gasteiger partial charge in [0.2, 0.25) is 0 Å². The number of hydrogen-bond acceptors (Lipinski definition) is 3. The lowest BCUT2D eigenvalue weighted by atomic mass is 10.1. The summed E-state index contributed by atoms with van der Waals surface area (Å²) in [7, 11) is 0. The van der Waals surface area contributed by atoms with Crippen molar-refractivity contribution in [3.63, 3.8) is 0 Å². The van der Waals surface area contributed by atoms with Crippen LogP contribution in [0, 0.1) is 13.8 Å². The highest BCUT2D eigenvalue weighted by atomic mass is 32.1. The Hall–Kier alpha value is -1.65. The highest BCUT2D eigenvalue weighted by Gasteiger charge is 2.13. The molecular formula is C14H14N2OS. The fourth-order valence-electron chi connectivity index (χ4n) is 2.13. The predicted octanol–water partition coefficient (Wildman–Crippen LogP) is 3.17. The maximum Gasteiger partial charge on any atom is 0.194 e. The van der Waals surface area contributed by atoms with E-state index in [1.807, 2.05) is 6.20 Å². The second-order valence-electron chi connectivity index (χ2n) is 4.42. The average Bonchev–Trinajstić information content (AvgIpc) is 2.87. The molecule has 0 fully saturated rings. The molecule has 0 saturated heterocycles. The lowest BCUT2D eigenvalue weighted by Crippen LogP contribution is -1.87. The van der Waals surface area contributed by atoms with E-state index in [1.165, 1.54) is 21.7 Å². The van der Waals surface area contributed by atoms with Crippen LogP contribution in [0.3, 0.4) is 0 Å². The Morgan fingerprint density at radius 2 is 1.94 bits per heavy atom. The number of aromatic nitrogens is 2. The van der Waals surface area contributed by atoms with Crippen molar-refractivity contribution in [2.75, 3.05) is 0 Å². The molecule has 0 aliphatic heterocycles. The third-order valence-corrected chi connectivity index (χ3v) is 4.00. The smallest absolute Gasteiger partial charge is 0.194 e. The van der Waals surface area contributed by atoms with Crippen LogP contribution in [-0.2, 0) is 6.61 Å². The summed E-state index contributed by atoms with van der Waals surface area (Å²) in [5.41, 5.74) is 4.33. The van der Waals surface area contributed by atoms with E-state index in [0.29, 0.717) is 0 Å². The number of nitrogens with zero attached hydrogens (tertiary/aromatic N) is 2. The van der Waals surface area contributed by atoms with Gasteiger partial charge in [0.25, 0.3) is 0 Å². The van der Waals surface area contributed by atoms with Crippen molar-refractivity contribution in [2.24, 2.45) is 0 Å². The number of aliphatic hydroxyl groups is 1. The SMILES string of the molecule is Cc1ccc(-c2c(C)sc3nc(CO)cn23)cc1. The first-order valence-corrected chi connectivity index (χ1v) is 6.66. The molecule has 0 radical (unpaired) electrons. The van der Waals surface area contributed by atoms with Gasteiger partial charge in [0.05, 0.1) is 18.0 Å². The monoisotopic (exact) mass is 258 g/mol. The molecule has 1 aromatic carbocycles. The number of aryl methyl sites for hydroxylation is 2. The first-order valence-electron chi connectivity index (χ1n) is 5.84. The number of hydrogen-bond donors (Lipinski definition) is 1. The van der Waals surface area contributed by atoms with Crippen LogP contribution in [0.4, 0.5) is 0 Å². The van der Waals surface area contributed by atoms with Crippen LogP contribution in [0.2, 0.25) is 0 Å². The van der Waals surface area contributed by atoms with Gasteiger partial charge in [0, 0.05) is 11.1 Å². The van der Waals surface area contributed by atoms with E-state index in [9.17, 15) is 0 Å². The third-order valence-electron chi connectivity index (χ3n) is 3.03. The van der Waals surface area contributed by atoms with Crippen molar-refractivity contribution in [1.29, 1.82) is 0 Å². The first-order chi connectivity index (χ1) is 8.69. The fourth-order valence-corrected chi connectivity index (χ4v) is 3.12. The molecule has 18 heavy (non-hydrogen) atoms. The van der Waals surface area contributed by atoms with Gasteiger partial charge in [-0.05, 0) is 19.4 Å². The predicted molar refractivity (Wildman–Crippen MR) is 73.9 cm³/mol. The molecule has 2 aromatic heterocycles. The van der Waals surface area contributed by atoms with Gasteiger partial charge >= 0.3 is 0 Å². The summed E-state index contributed by atoms with van der Waals surface area (Å²) >= 11 is 1.65. The largest absolute Gasteiger partial charge is 0.390 e. The van der Waals surface area contributed by atoms with E-state index in [1.54, 1.807) is 11.3 Å².